The molecule has 5 heteroatoms. The highest BCUT2D eigenvalue weighted by atomic mass is 19.1. The largest absolute Gasteiger partial charge is 0.496 e. The minimum atomic E-state index is -0.498. The van der Waals surface area contributed by atoms with Gasteiger partial charge in [0, 0.05) is 16.5 Å². The number of benzene rings is 2. The van der Waals surface area contributed by atoms with E-state index in [1.807, 2.05) is 27.7 Å². The van der Waals surface area contributed by atoms with E-state index in [0.29, 0.717) is 11.6 Å². The van der Waals surface area contributed by atoms with Gasteiger partial charge in [-0.3, -0.25) is 0 Å². The van der Waals surface area contributed by atoms with E-state index in [2.05, 4.69) is 6.07 Å². The van der Waals surface area contributed by atoms with Gasteiger partial charge in [0.15, 0.2) is 0 Å². The van der Waals surface area contributed by atoms with Gasteiger partial charge in [-0.05, 0) is 75.6 Å². The van der Waals surface area contributed by atoms with Crippen molar-refractivity contribution in [3.8, 4) is 0 Å². The summed E-state index contributed by atoms with van der Waals surface area (Å²) in [6.45, 7) is 8.12. The van der Waals surface area contributed by atoms with Crippen LogP contribution in [0.15, 0.2) is 24.3 Å². The summed E-state index contributed by atoms with van der Waals surface area (Å²) >= 11 is 0. The molecule has 0 aromatic heterocycles. The first-order valence-electron chi connectivity index (χ1n) is 8.57. The molecule has 2 fully saturated rings. The van der Waals surface area contributed by atoms with Crippen LogP contribution in [-0.4, -0.2) is 18.3 Å². The maximum Gasteiger partial charge on any atom is 0.496 e. The third-order valence-corrected chi connectivity index (χ3v) is 5.73. The third-order valence-electron chi connectivity index (χ3n) is 5.73. The molecule has 1 heterocycles. The van der Waals surface area contributed by atoms with Crippen molar-refractivity contribution in [3.63, 3.8) is 0 Å². The number of anilines is 1. The van der Waals surface area contributed by atoms with Gasteiger partial charge < -0.3 is 15.0 Å². The first-order valence-corrected chi connectivity index (χ1v) is 8.57. The Morgan fingerprint density at radius 3 is 2.25 bits per heavy atom. The van der Waals surface area contributed by atoms with Crippen LogP contribution < -0.4 is 11.2 Å². The molecule has 2 aromatic carbocycles. The monoisotopic (exact) mass is 327 g/mol. The Kier molecular flexibility index (Phi) is 3.29. The highest BCUT2D eigenvalue weighted by Gasteiger charge is 2.52. The van der Waals surface area contributed by atoms with Crippen molar-refractivity contribution >= 4 is 29.0 Å². The van der Waals surface area contributed by atoms with E-state index < -0.39 is 18.3 Å². The molecule has 126 valence electrons. The minimum Gasteiger partial charge on any atom is -0.399 e. The zero-order valence-corrected chi connectivity index (χ0v) is 14.7. The topological polar surface area (TPSA) is 44.5 Å². The van der Waals surface area contributed by atoms with Crippen molar-refractivity contribution in [3.05, 3.63) is 35.6 Å². The summed E-state index contributed by atoms with van der Waals surface area (Å²) < 4.78 is 26.1. The lowest BCUT2D eigenvalue weighted by atomic mass is 9.75. The number of hydrogen-bond donors (Lipinski definition) is 1. The number of nitrogens with two attached hydrogens (primary N) is 1. The summed E-state index contributed by atoms with van der Waals surface area (Å²) in [6, 6.07) is 6.88. The molecule has 1 aliphatic heterocycles. The number of halogens is 1. The summed E-state index contributed by atoms with van der Waals surface area (Å²) in [4.78, 5) is 0. The average molecular weight is 327 g/mol. The molecule has 0 amide bonds. The molecule has 4 rings (SSSR count). The maximum atomic E-state index is 13.7. The van der Waals surface area contributed by atoms with E-state index in [9.17, 15) is 4.39 Å². The van der Waals surface area contributed by atoms with Crippen LogP contribution in [0.4, 0.5) is 10.1 Å². The van der Waals surface area contributed by atoms with E-state index in [-0.39, 0.29) is 5.82 Å². The molecular weight excluding hydrogens is 304 g/mol. The average Bonchev–Trinajstić information content (AvgIpc) is 3.27. The lowest BCUT2D eigenvalue weighted by Crippen LogP contribution is -2.41. The van der Waals surface area contributed by atoms with Crippen molar-refractivity contribution in [2.45, 2.75) is 57.7 Å². The van der Waals surface area contributed by atoms with Crippen LogP contribution in [0, 0.1) is 5.82 Å². The van der Waals surface area contributed by atoms with Crippen molar-refractivity contribution in [1.82, 2.24) is 0 Å². The first-order chi connectivity index (χ1) is 11.2. The van der Waals surface area contributed by atoms with Gasteiger partial charge in [-0.1, -0.05) is 6.07 Å². The van der Waals surface area contributed by atoms with Gasteiger partial charge in [0.2, 0.25) is 0 Å². The second-order valence-electron chi connectivity index (χ2n) is 8.02. The molecule has 1 saturated heterocycles. The van der Waals surface area contributed by atoms with Gasteiger partial charge in [0.1, 0.15) is 5.82 Å². The van der Waals surface area contributed by atoms with E-state index >= 15 is 0 Å². The molecule has 3 nitrogen and oxygen atoms in total. The Morgan fingerprint density at radius 1 is 1.04 bits per heavy atom. The van der Waals surface area contributed by atoms with Gasteiger partial charge in [0.05, 0.1) is 11.2 Å². The molecule has 0 atom stereocenters. The molecule has 0 bridgehead atoms. The third kappa shape index (κ3) is 2.33. The summed E-state index contributed by atoms with van der Waals surface area (Å²) in [5.41, 5.74) is 8.23. The van der Waals surface area contributed by atoms with Crippen LogP contribution in [0.25, 0.3) is 10.8 Å². The van der Waals surface area contributed by atoms with Gasteiger partial charge in [-0.15, -0.1) is 0 Å². The molecule has 24 heavy (non-hydrogen) atoms. The van der Waals surface area contributed by atoms with Gasteiger partial charge in [-0.2, -0.15) is 0 Å². The fourth-order valence-corrected chi connectivity index (χ4v) is 3.37. The summed E-state index contributed by atoms with van der Waals surface area (Å²) in [5, 5.41) is 1.79. The van der Waals surface area contributed by atoms with Crippen LogP contribution in [-0.2, 0) is 9.31 Å². The lowest BCUT2D eigenvalue weighted by molar-refractivity contribution is 0.00578. The van der Waals surface area contributed by atoms with Crippen LogP contribution in [0.3, 0.4) is 0 Å². The van der Waals surface area contributed by atoms with Gasteiger partial charge in [0.25, 0.3) is 0 Å². The van der Waals surface area contributed by atoms with E-state index in [1.165, 1.54) is 6.07 Å². The summed E-state index contributed by atoms with van der Waals surface area (Å²) in [6.07, 6.45) is 2.27. The van der Waals surface area contributed by atoms with Crippen molar-refractivity contribution in [1.29, 1.82) is 0 Å². The van der Waals surface area contributed by atoms with E-state index in [4.69, 9.17) is 15.0 Å². The molecule has 0 unspecified atom stereocenters. The van der Waals surface area contributed by atoms with Crippen molar-refractivity contribution in [2.75, 3.05) is 5.73 Å². The second kappa shape index (κ2) is 4.96. The maximum absolute atomic E-state index is 13.7. The highest BCUT2D eigenvalue weighted by Crippen LogP contribution is 2.44. The lowest BCUT2D eigenvalue weighted by Gasteiger charge is -2.32. The van der Waals surface area contributed by atoms with Gasteiger partial charge >= 0.3 is 7.12 Å². The van der Waals surface area contributed by atoms with Crippen LogP contribution in [0.5, 0.6) is 0 Å². The van der Waals surface area contributed by atoms with E-state index in [0.717, 1.165) is 34.6 Å². The fourth-order valence-electron chi connectivity index (χ4n) is 3.37. The van der Waals surface area contributed by atoms with Crippen molar-refractivity contribution < 1.29 is 13.7 Å². The Balaban J connectivity index is 1.88. The first kappa shape index (κ1) is 15.9. The Bertz CT molecular complexity index is 814. The molecule has 1 saturated carbocycles. The quantitative estimate of drug-likeness (QED) is 0.675. The second-order valence-corrected chi connectivity index (χ2v) is 8.02. The number of fused-ring (bicyclic) bond motifs is 1. The molecule has 2 N–H and O–H groups in total. The highest BCUT2D eigenvalue weighted by molar-refractivity contribution is 6.64. The Hall–Kier alpha value is -1.59. The number of rotatable bonds is 2. The minimum absolute atomic E-state index is 0.229. The van der Waals surface area contributed by atoms with Crippen LogP contribution in [0.1, 0.15) is 52.0 Å². The van der Waals surface area contributed by atoms with Crippen molar-refractivity contribution in [2.24, 2.45) is 0 Å². The molecule has 1 aliphatic carbocycles. The zero-order chi connectivity index (χ0) is 17.3. The van der Waals surface area contributed by atoms with Crippen LogP contribution in [0.2, 0.25) is 0 Å². The fraction of sp³-hybridized carbons (Fsp3) is 0.474. The molecule has 0 radical (unpaired) electrons. The summed E-state index contributed by atoms with van der Waals surface area (Å²) in [7, 11) is -0.498. The Labute approximate surface area is 142 Å². The number of nitrogen functional groups attached to an aromatic ring is 1. The standard InChI is InChI=1S/C19H23BFNO2/c1-18(2)19(3,4)24-20(23-18)16-10-14(11-5-6-11)15-9-12(21)7-8-13(15)17(16)22/h7-11H,5-6,22H2,1-4H3. The summed E-state index contributed by atoms with van der Waals surface area (Å²) in [5.74, 6) is 0.253. The molecule has 2 aromatic rings. The van der Waals surface area contributed by atoms with E-state index in [1.54, 1.807) is 12.1 Å². The van der Waals surface area contributed by atoms with Gasteiger partial charge in [-0.25, -0.2) is 4.39 Å². The molecular formula is C19H23BFNO2. The predicted octanol–water partition coefficient (Wildman–Crippen LogP) is 3.74. The molecule has 2 aliphatic rings. The van der Waals surface area contributed by atoms with Crippen LogP contribution >= 0.6 is 0 Å². The number of hydrogen-bond acceptors (Lipinski definition) is 3. The molecule has 0 spiro atoms. The zero-order valence-electron chi connectivity index (χ0n) is 14.7. The normalized spacial score (nSPS) is 22.3. The SMILES string of the molecule is CC1(C)OB(c2cc(C3CC3)c3cc(F)ccc3c2N)OC1(C)C. The Morgan fingerprint density at radius 2 is 1.67 bits per heavy atom. The smallest absolute Gasteiger partial charge is 0.399 e. The predicted molar refractivity (Wildman–Crippen MR) is 96.0 cm³/mol.